The first-order valence-corrected chi connectivity index (χ1v) is 11.6. The fourth-order valence-corrected chi connectivity index (χ4v) is 4.38. The quantitative estimate of drug-likeness (QED) is 0.364. The highest BCUT2D eigenvalue weighted by Crippen LogP contribution is 2.34. The highest BCUT2D eigenvalue weighted by atomic mass is 32.1. The topological polar surface area (TPSA) is 98.5 Å². The van der Waals surface area contributed by atoms with Gasteiger partial charge in [0.25, 0.3) is 11.5 Å². The minimum absolute atomic E-state index is 0.305. The average molecular weight is 523 g/mol. The Morgan fingerprint density at radius 1 is 1.08 bits per heavy atom. The summed E-state index contributed by atoms with van der Waals surface area (Å²) in [7, 11) is 0. The summed E-state index contributed by atoms with van der Waals surface area (Å²) in [6.07, 6.45) is 0.264. The molecule has 0 aliphatic carbocycles. The SMILES string of the molecule is O=C(COc1cccc(/C=c2\sc3nc(-c4ccncc4)nn3c2=O)c1)Nc1ccccc1C(F)(F)F. The van der Waals surface area contributed by atoms with Crippen LogP contribution in [0.4, 0.5) is 18.9 Å². The highest BCUT2D eigenvalue weighted by Gasteiger charge is 2.33. The molecule has 0 fully saturated rings. The van der Waals surface area contributed by atoms with Gasteiger partial charge < -0.3 is 10.1 Å². The first-order valence-electron chi connectivity index (χ1n) is 10.8. The van der Waals surface area contributed by atoms with E-state index < -0.39 is 24.3 Å². The molecule has 1 N–H and O–H groups in total. The van der Waals surface area contributed by atoms with Crippen LogP contribution < -0.4 is 20.1 Å². The van der Waals surface area contributed by atoms with Crippen molar-refractivity contribution in [1.82, 2.24) is 19.6 Å². The molecular weight excluding hydrogens is 507 g/mol. The predicted octanol–water partition coefficient (Wildman–Crippen LogP) is 3.80. The Labute approximate surface area is 210 Å². The maximum absolute atomic E-state index is 13.1. The Hall–Kier alpha value is -4.58. The van der Waals surface area contributed by atoms with Gasteiger partial charge in [-0.2, -0.15) is 22.7 Å². The molecule has 12 heteroatoms. The molecule has 0 saturated heterocycles. The van der Waals surface area contributed by atoms with Crippen LogP contribution in [-0.2, 0) is 11.0 Å². The lowest BCUT2D eigenvalue weighted by molar-refractivity contribution is -0.137. The number of amides is 1. The van der Waals surface area contributed by atoms with E-state index in [4.69, 9.17) is 4.74 Å². The molecule has 0 aliphatic rings. The van der Waals surface area contributed by atoms with Crippen molar-refractivity contribution in [3.63, 3.8) is 0 Å². The number of carbonyl (C=O) groups excluding carboxylic acids is 1. The van der Waals surface area contributed by atoms with Gasteiger partial charge in [0.05, 0.1) is 15.8 Å². The summed E-state index contributed by atoms with van der Waals surface area (Å²) < 4.78 is 46.5. The Bertz CT molecular complexity index is 1700. The van der Waals surface area contributed by atoms with Crippen molar-refractivity contribution in [2.75, 3.05) is 11.9 Å². The van der Waals surface area contributed by atoms with E-state index >= 15 is 0 Å². The molecule has 0 bridgehead atoms. The fraction of sp³-hybridized carbons (Fsp3) is 0.0800. The number of nitrogens with one attached hydrogen (secondary N) is 1. The van der Waals surface area contributed by atoms with Crippen molar-refractivity contribution >= 4 is 34.0 Å². The fourth-order valence-electron chi connectivity index (χ4n) is 3.48. The van der Waals surface area contributed by atoms with Crippen molar-refractivity contribution in [3.05, 3.63) is 99.1 Å². The zero-order chi connectivity index (χ0) is 26.0. The summed E-state index contributed by atoms with van der Waals surface area (Å²) in [5.74, 6) is -0.0211. The lowest BCUT2D eigenvalue weighted by Crippen LogP contribution is -2.23. The number of benzene rings is 2. The van der Waals surface area contributed by atoms with Gasteiger partial charge in [0.2, 0.25) is 4.96 Å². The van der Waals surface area contributed by atoms with E-state index in [9.17, 15) is 22.8 Å². The lowest BCUT2D eigenvalue weighted by Gasteiger charge is -2.13. The zero-order valence-electron chi connectivity index (χ0n) is 18.8. The molecule has 0 aliphatic heterocycles. The Balaban J connectivity index is 1.30. The number of anilines is 1. The van der Waals surface area contributed by atoms with Crippen molar-refractivity contribution in [3.8, 4) is 17.1 Å². The third-order valence-corrected chi connectivity index (χ3v) is 6.11. The summed E-state index contributed by atoms with van der Waals surface area (Å²) >= 11 is 1.17. The maximum Gasteiger partial charge on any atom is 0.418 e. The largest absolute Gasteiger partial charge is 0.484 e. The summed E-state index contributed by atoms with van der Waals surface area (Å²) in [6.45, 7) is -0.503. The molecule has 0 saturated carbocycles. The van der Waals surface area contributed by atoms with Crippen LogP contribution in [0.15, 0.2) is 77.9 Å². The number of hydrogen-bond donors (Lipinski definition) is 1. The minimum Gasteiger partial charge on any atom is -0.484 e. The molecular formula is C25H16F3N5O3S. The van der Waals surface area contributed by atoms with Crippen LogP contribution in [0.2, 0.25) is 0 Å². The molecule has 3 heterocycles. The van der Waals surface area contributed by atoms with E-state index in [1.807, 2.05) is 0 Å². The van der Waals surface area contributed by atoms with Gasteiger partial charge in [-0.3, -0.25) is 14.6 Å². The van der Waals surface area contributed by atoms with E-state index in [1.165, 1.54) is 34.1 Å². The smallest absolute Gasteiger partial charge is 0.418 e. The number of nitrogens with zero attached hydrogens (tertiary/aromatic N) is 4. The van der Waals surface area contributed by atoms with Crippen LogP contribution in [0.1, 0.15) is 11.1 Å². The van der Waals surface area contributed by atoms with Gasteiger partial charge in [-0.25, -0.2) is 0 Å². The highest BCUT2D eigenvalue weighted by molar-refractivity contribution is 7.15. The second kappa shape index (κ2) is 9.82. The third-order valence-electron chi connectivity index (χ3n) is 5.15. The molecule has 3 aromatic heterocycles. The minimum atomic E-state index is -4.60. The molecule has 0 radical (unpaired) electrons. The first-order chi connectivity index (χ1) is 17.8. The number of alkyl halides is 3. The molecule has 0 spiro atoms. The van der Waals surface area contributed by atoms with Gasteiger partial charge in [-0.15, -0.1) is 5.10 Å². The van der Waals surface area contributed by atoms with Gasteiger partial charge in [0.1, 0.15) is 5.75 Å². The van der Waals surface area contributed by atoms with E-state index in [0.29, 0.717) is 26.6 Å². The van der Waals surface area contributed by atoms with Crippen molar-refractivity contribution in [2.24, 2.45) is 0 Å². The number of pyridine rings is 1. The third kappa shape index (κ3) is 5.33. The van der Waals surface area contributed by atoms with E-state index in [2.05, 4.69) is 20.4 Å². The standard InChI is InChI=1S/C25H16F3N5O3S/c26-25(27,28)18-6-1-2-7-19(18)30-21(34)14-36-17-5-3-4-15(12-17)13-20-23(35)33-24(37-20)31-22(32-33)16-8-10-29-11-9-16/h1-13H,14H2,(H,30,34)/b20-13-. The maximum atomic E-state index is 13.1. The first kappa shape index (κ1) is 24.1. The average Bonchev–Trinajstić information content (AvgIpc) is 3.42. The van der Waals surface area contributed by atoms with Crippen LogP contribution in [-0.4, -0.2) is 32.1 Å². The van der Waals surface area contributed by atoms with Crippen LogP contribution in [0, 0.1) is 0 Å². The number of thiazole rings is 1. The monoisotopic (exact) mass is 523 g/mol. The number of ether oxygens (including phenoxy) is 1. The summed E-state index contributed by atoms with van der Waals surface area (Å²) in [5.41, 5.74) is -0.264. The van der Waals surface area contributed by atoms with Crippen molar-refractivity contribution < 1.29 is 22.7 Å². The Morgan fingerprint density at radius 2 is 1.86 bits per heavy atom. The van der Waals surface area contributed by atoms with Gasteiger partial charge in [-0.1, -0.05) is 35.6 Å². The summed E-state index contributed by atoms with van der Waals surface area (Å²) in [4.78, 5) is 33.8. The molecule has 0 atom stereocenters. The number of hydrogen-bond acceptors (Lipinski definition) is 7. The van der Waals surface area contributed by atoms with Gasteiger partial charge in [0, 0.05) is 18.0 Å². The Morgan fingerprint density at radius 3 is 2.62 bits per heavy atom. The molecule has 0 unspecified atom stereocenters. The number of para-hydroxylation sites is 1. The molecule has 2 aromatic carbocycles. The van der Waals surface area contributed by atoms with E-state index in [1.54, 1.807) is 54.9 Å². The molecule has 37 heavy (non-hydrogen) atoms. The van der Waals surface area contributed by atoms with Gasteiger partial charge in [-0.05, 0) is 48.0 Å². The van der Waals surface area contributed by atoms with Gasteiger partial charge in [0.15, 0.2) is 12.4 Å². The number of rotatable bonds is 6. The van der Waals surface area contributed by atoms with Crippen LogP contribution in [0.3, 0.4) is 0 Å². The number of carbonyl (C=O) groups is 1. The van der Waals surface area contributed by atoms with Crippen molar-refractivity contribution in [1.29, 1.82) is 0 Å². The summed E-state index contributed by atoms with van der Waals surface area (Å²) in [6, 6.07) is 14.8. The second-order valence-corrected chi connectivity index (χ2v) is 8.74. The van der Waals surface area contributed by atoms with Gasteiger partial charge >= 0.3 is 6.18 Å². The lowest BCUT2D eigenvalue weighted by atomic mass is 10.1. The van der Waals surface area contributed by atoms with Crippen LogP contribution >= 0.6 is 11.3 Å². The van der Waals surface area contributed by atoms with E-state index in [-0.39, 0.29) is 11.2 Å². The van der Waals surface area contributed by atoms with Crippen LogP contribution in [0.5, 0.6) is 5.75 Å². The second-order valence-electron chi connectivity index (χ2n) is 7.73. The molecule has 5 rings (SSSR count). The molecule has 1 amide bonds. The number of aromatic nitrogens is 4. The number of fused-ring (bicyclic) bond motifs is 1. The van der Waals surface area contributed by atoms with E-state index in [0.717, 1.165) is 11.6 Å². The predicted molar refractivity (Wildman–Crippen MR) is 131 cm³/mol. The summed E-state index contributed by atoms with van der Waals surface area (Å²) in [5, 5.41) is 6.51. The number of halogens is 3. The van der Waals surface area contributed by atoms with Crippen LogP contribution in [0.25, 0.3) is 22.4 Å². The Kier molecular flexibility index (Phi) is 6.40. The molecule has 186 valence electrons. The zero-order valence-corrected chi connectivity index (χ0v) is 19.6. The molecule has 5 aromatic rings. The molecule has 8 nitrogen and oxygen atoms in total. The van der Waals surface area contributed by atoms with Crippen molar-refractivity contribution in [2.45, 2.75) is 6.18 Å². The normalized spacial score (nSPS) is 12.1.